The molecule has 0 radical (unpaired) electrons. The van der Waals surface area contributed by atoms with Gasteiger partial charge in [-0.2, -0.15) is 0 Å². The van der Waals surface area contributed by atoms with Gasteiger partial charge in [0.05, 0.1) is 12.2 Å². The average molecular weight is 272 g/mol. The van der Waals surface area contributed by atoms with Gasteiger partial charge in [-0.3, -0.25) is 9.78 Å². The maximum Gasteiger partial charge on any atom is 0.251 e. The highest BCUT2D eigenvalue weighted by atomic mass is 32.1. The SMILES string of the molecule is CCc1cccnc1CNC(=O)c1ccc(S)cc1. The Hall–Kier alpha value is -1.81. The van der Waals surface area contributed by atoms with Crippen molar-refractivity contribution in [3.63, 3.8) is 0 Å². The number of thiol groups is 1. The van der Waals surface area contributed by atoms with E-state index in [1.165, 1.54) is 0 Å². The third-order valence-electron chi connectivity index (χ3n) is 2.91. The van der Waals surface area contributed by atoms with Gasteiger partial charge in [0.15, 0.2) is 0 Å². The van der Waals surface area contributed by atoms with Gasteiger partial charge in [-0.25, -0.2) is 0 Å². The molecule has 0 unspecified atom stereocenters. The van der Waals surface area contributed by atoms with Gasteiger partial charge in [0.1, 0.15) is 0 Å². The molecular formula is C15H16N2OS. The van der Waals surface area contributed by atoms with Crippen LogP contribution in [0.25, 0.3) is 0 Å². The number of carbonyl (C=O) groups excluding carboxylic acids is 1. The molecule has 0 aliphatic carbocycles. The second-order valence-corrected chi connectivity index (χ2v) is 4.71. The number of nitrogens with zero attached hydrogens (tertiary/aromatic N) is 1. The molecule has 2 rings (SSSR count). The van der Waals surface area contributed by atoms with E-state index in [-0.39, 0.29) is 5.91 Å². The monoisotopic (exact) mass is 272 g/mol. The lowest BCUT2D eigenvalue weighted by atomic mass is 10.1. The van der Waals surface area contributed by atoms with Crippen LogP contribution >= 0.6 is 12.6 Å². The number of hydrogen-bond donors (Lipinski definition) is 2. The third kappa shape index (κ3) is 3.58. The lowest BCUT2D eigenvalue weighted by Crippen LogP contribution is -2.23. The molecule has 1 aromatic carbocycles. The molecular weight excluding hydrogens is 256 g/mol. The summed E-state index contributed by atoms with van der Waals surface area (Å²) in [4.78, 5) is 17.1. The van der Waals surface area contributed by atoms with Crippen molar-refractivity contribution in [2.75, 3.05) is 0 Å². The van der Waals surface area contributed by atoms with E-state index in [0.717, 1.165) is 22.6 Å². The van der Waals surface area contributed by atoms with E-state index < -0.39 is 0 Å². The number of carbonyl (C=O) groups is 1. The molecule has 98 valence electrons. The standard InChI is InChI=1S/C15H16N2OS/c1-2-11-4-3-9-16-14(11)10-17-15(18)12-5-7-13(19)8-6-12/h3-9,19H,2,10H2,1H3,(H,17,18). The molecule has 1 N–H and O–H groups in total. The van der Waals surface area contributed by atoms with Crippen LogP contribution in [-0.4, -0.2) is 10.9 Å². The normalized spacial score (nSPS) is 10.2. The topological polar surface area (TPSA) is 42.0 Å². The largest absolute Gasteiger partial charge is 0.346 e. The Labute approximate surface area is 118 Å². The molecule has 1 aromatic heterocycles. The van der Waals surface area contributed by atoms with Crippen LogP contribution in [0.5, 0.6) is 0 Å². The molecule has 3 nitrogen and oxygen atoms in total. The first-order chi connectivity index (χ1) is 9.20. The van der Waals surface area contributed by atoms with Gasteiger partial charge in [0.2, 0.25) is 0 Å². The molecule has 0 spiro atoms. The predicted molar refractivity (Wildman–Crippen MR) is 78.5 cm³/mol. The zero-order valence-corrected chi connectivity index (χ0v) is 11.7. The summed E-state index contributed by atoms with van der Waals surface area (Å²) >= 11 is 4.19. The van der Waals surface area contributed by atoms with Crippen LogP contribution in [0.3, 0.4) is 0 Å². The summed E-state index contributed by atoms with van der Waals surface area (Å²) in [6.45, 7) is 2.53. The second kappa shape index (κ2) is 6.38. The fourth-order valence-corrected chi connectivity index (χ4v) is 1.98. The lowest BCUT2D eigenvalue weighted by Gasteiger charge is -2.08. The van der Waals surface area contributed by atoms with Crippen molar-refractivity contribution in [2.24, 2.45) is 0 Å². The van der Waals surface area contributed by atoms with Crippen LogP contribution in [0, 0.1) is 0 Å². The Morgan fingerprint density at radius 3 is 2.68 bits per heavy atom. The molecule has 0 bridgehead atoms. The molecule has 1 heterocycles. The van der Waals surface area contributed by atoms with Crippen molar-refractivity contribution >= 4 is 18.5 Å². The van der Waals surface area contributed by atoms with Crippen molar-refractivity contribution in [2.45, 2.75) is 24.8 Å². The Balaban J connectivity index is 2.02. The van der Waals surface area contributed by atoms with Gasteiger partial charge in [-0.15, -0.1) is 12.6 Å². The number of amides is 1. The van der Waals surface area contributed by atoms with Crippen molar-refractivity contribution in [3.8, 4) is 0 Å². The quantitative estimate of drug-likeness (QED) is 0.840. The summed E-state index contributed by atoms with van der Waals surface area (Å²) in [5.41, 5.74) is 2.71. The fourth-order valence-electron chi connectivity index (χ4n) is 1.83. The van der Waals surface area contributed by atoms with E-state index in [0.29, 0.717) is 12.1 Å². The first-order valence-corrected chi connectivity index (χ1v) is 6.65. The summed E-state index contributed by atoms with van der Waals surface area (Å²) in [6.07, 6.45) is 2.66. The highest BCUT2D eigenvalue weighted by molar-refractivity contribution is 7.80. The lowest BCUT2D eigenvalue weighted by molar-refractivity contribution is 0.0950. The van der Waals surface area contributed by atoms with E-state index in [1.807, 2.05) is 12.1 Å². The Morgan fingerprint density at radius 1 is 1.26 bits per heavy atom. The minimum absolute atomic E-state index is 0.0963. The fraction of sp³-hybridized carbons (Fsp3) is 0.200. The van der Waals surface area contributed by atoms with E-state index >= 15 is 0 Å². The minimum atomic E-state index is -0.0963. The van der Waals surface area contributed by atoms with Crippen LogP contribution in [-0.2, 0) is 13.0 Å². The molecule has 4 heteroatoms. The number of rotatable bonds is 4. The van der Waals surface area contributed by atoms with Crippen LogP contribution in [0.2, 0.25) is 0 Å². The summed E-state index contributed by atoms with van der Waals surface area (Å²) < 4.78 is 0. The van der Waals surface area contributed by atoms with Crippen LogP contribution in [0.1, 0.15) is 28.5 Å². The molecule has 2 aromatic rings. The van der Waals surface area contributed by atoms with Gasteiger partial charge in [-0.05, 0) is 42.3 Å². The zero-order chi connectivity index (χ0) is 13.7. The number of pyridine rings is 1. The highest BCUT2D eigenvalue weighted by Crippen LogP contribution is 2.09. The Kier molecular flexibility index (Phi) is 4.58. The summed E-state index contributed by atoms with van der Waals surface area (Å²) in [5, 5.41) is 2.88. The van der Waals surface area contributed by atoms with Gasteiger partial charge >= 0.3 is 0 Å². The minimum Gasteiger partial charge on any atom is -0.346 e. The Bertz CT molecular complexity index is 567. The summed E-state index contributed by atoms with van der Waals surface area (Å²) in [6, 6.07) is 11.1. The smallest absolute Gasteiger partial charge is 0.251 e. The van der Waals surface area contributed by atoms with E-state index in [2.05, 4.69) is 29.9 Å². The maximum absolute atomic E-state index is 12.0. The van der Waals surface area contributed by atoms with Crippen molar-refractivity contribution in [3.05, 3.63) is 59.4 Å². The zero-order valence-electron chi connectivity index (χ0n) is 10.8. The maximum atomic E-state index is 12.0. The third-order valence-corrected chi connectivity index (χ3v) is 3.21. The first-order valence-electron chi connectivity index (χ1n) is 6.20. The average Bonchev–Trinajstić information content (AvgIpc) is 2.45. The molecule has 0 saturated carbocycles. The Morgan fingerprint density at radius 2 is 2.00 bits per heavy atom. The van der Waals surface area contributed by atoms with Crippen molar-refractivity contribution in [1.29, 1.82) is 0 Å². The van der Waals surface area contributed by atoms with Crippen molar-refractivity contribution in [1.82, 2.24) is 10.3 Å². The number of benzene rings is 1. The first kappa shape index (κ1) is 13.6. The van der Waals surface area contributed by atoms with Crippen LogP contribution in [0.15, 0.2) is 47.5 Å². The molecule has 19 heavy (non-hydrogen) atoms. The number of aryl methyl sites for hydroxylation is 1. The van der Waals surface area contributed by atoms with E-state index in [4.69, 9.17) is 0 Å². The van der Waals surface area contributed by atoms with Gasteiger partial charge in [0, 0.05) is 16.7 Å². The van der Waals surface area contributed by atoms with Gasteiger partial charge < -0.3 is 5.32 Å². The van der Waals surface area contributed by atoms with E-state index in [9.17, 15) is 4.79 Å². The number of nitrogens with one attached hydrogen (secondary N) is 1. The molecule has 1 amide bonds. The molecule has 0 saturated heterocycles. The van der Waals surface area contributed by atoms with Crippen LogP contribution < -0.4 is 5.32 Å². The van der Waals surface area contributed by atoms with Crippen molar-refractivity contribution < 1.29 is 4.79 Å². The van der Waals surface area contributed by atoms with Gasteiger partial charge in [0.25, 0.3) is 5.91 Å². The predicted octanol–water partition coefficient (Wildman–Crippen LogP) is 2.86. The number of aromatic nitrogens is 1. The molecule has 0 aliphatic rings. The summed E-state index contributed by atoms with van der Waals surface area (Å²) in [7, 11) is 0. The molecule has 0 fully saturated rings. The molecule has 0 atom stereocenters. The van der Waals surface area contributed by atoms with Crippen LogP contribution in [0.4, 0.5) is 0 Å². The highest BCUT2D eigenvalue weighted by Gasteiger charge is 2.07. The molecule has 0 aliphatic heterocycles. The second-order valence-electron chi connectivity index (χ2n) is 4.19. The van der Waals surface area contributed by atoms with E-state index in [1.54, 1.807) is 30.5 Å². The number of hydrogen-bond acceptors (Lipinski definition) is 3. The van der Waals surface area contributed by atoms with Gasteiger partial charge in [-0.1, -0.05) is 13.0 Å². The summed E-state index contributed by atoms with van der Waals surface area (Å²) in [5.74, 6) is -0.0963.